The maximum atomic E-state index is 12.0. The van der Waals surface area contributed by atoms with Gasteiger partial charge in [-0.1, -0.05) is 34.8 Å². The molecule has 2 aromatic rings. The van der Waals surface area contributed by atoms with Crippen LogP contribution in [0.2, 0.25) is 0 Å². The highest BCUT2D eigenvalue weighted by atomic mass is 32.2. The van der Waals surface area contributed by atoms with Gasteiger partial charge in [0.2, 0.25) is 0 Å². The molecule has 17 heavy (non-hydrogen) atoms. The van der Waals surface area contributed by atoms with Crippen LogP contribution in [0, 0.1) is 0 Å². The molecule has 0 saturated carbocycles. The summed E-state index contributed by atoms with van der Waals surface area (Å²) in [5.41, 5.74) is 0.331. The molecule has 0 spiro atoms. The molecule has 1 N–H and O–H groups in total. The molecule has 0 saturated heterocycles. The second-order valence-corrected chi connectivity index (χ2v) is 6.02. The number of fused-ring (bicyclic) bond motifs is 3. The van der Waals surface area contributed by atoms with Crippen molar-refractivity contribution in [2.45, 2.75) is 24.3 Å². The monoisotopic (exact) mass is 247 g/mol. The number of rotatable bonds is 0. The van der Waals surface area contributed by atoms with E-state index in [-0.39, 0.29) is 0 Å². The molecule has 1 heterocycles. The summed E-state index contributed by atoms with van der Waals surface area (Å²) in [5.74, 6) is 0. The lowest BCUT2D eigenvalue weighted by molar-refractivity contribution is -0.0660. The summed E-state index contributed by atoms with van der Waals surface area (Å²) in [6, 6.07) is 11.7. The molecule has 0 aromatic heterocycles. The van der Waals surface area contributed by atoms with Crippen LogP contribution >= 0.6 is 0 Å². The predicted molar refractivity (Wildman–Crippen MR) is 67.0 cm³/mol. The zero-order chi connectivity index (χ0) is 12.2. The summed E-state index contributed by atoms with van der Waals surface area (Å²) < 4.78 is 13.0. The Hall–Kier alpha value is -1.23. The van der Waals surface area contributed by atoms with Gasteiger partial charge in [0.15, 0.2) is 11.0 Å². The number of benzene rings is 2. The van der Waals surface area contributed by atoms with Crippen molar-refractivity contribution >= 4 is 21.8 Å². The van der Waals surface area contributed by atoms with Gasteiger partial charge in [-0.2, -0.15) is 0 Å². The Morgan fingerprint density at radius 2 is 1.88 bits per heavy atom. The third-order valence-corrected chi connectivity index (χ3v) is 4.81. The minimum Gasteiger partial charge on any atom is -0.300 e. The van der Waals surface area contributed by atoms with Gasteiger partial charge in [0.05, 0.1) is 10.4 Å². The van der Waals surface area contributed by atoms with E-state index in [0.29, 0.717) is 4.90 Å². The van der Waals surface area contributed by atoms with Crippen LogP contribution in [0.3, 0.4) is 0 Å². The van der Waals surface area contributed by atoms with Gasteiger partial charge in [0, 0.05) is 5.56 Å². The van der Waals surface area contributed by atoms with E-state index in [4.69, 9.17) is 0 Å². The fourth-order valence-electron chi connectivity index (χ4n) is 2.42. The first-order chi connectivity index (χ1) is 8.03. The Labute approximate surface area is 102 Å². The van der Waals surface area contributed by atoms with Gasteiger partial charge in [-0.25, -0.2) is 4.21 Å². The van der Waals surface area contributed by atoms with Gasteiger partial charge >= 0.3 is 0 Å². The van der Waals surface area contributed by atoms with Crippen molar-refractivity contribution in [1.82, 2.24) is 4.47 Å². The number of nitrogens with zero attached hydrogens (tertiary/aromatic N) is 1. The summed E-state index contributed by atoms with van der Waals surface area (Å²) in [5, 5.41) is 12.1. The summed E-state index contributed by atoms with van der Waals surface area (Å²) >= 11 is 0. The first-order valence-electron chi connectivity index (χ1n) is 5.47. The zero-order valence-electron chi connectivity index (χ0n) is 9.68. The molecule has 1 atom stereocenters. The van der Waals surface area contributed by atoms with Crippen LogP contribution in [0.1, 0.15) is 19.4 Å². The lowest BCUT2D eigenvalue weighted by Gasteiger charge is -2.25. The van der Waals surface area contributed by atoms with Crippen molar-refractivity contribution in [1.29, 1.82) is 0 Å². The minimum atomic E-state index is -1.48. The van der Waals surface area contributed by atoms with E-state index in [1.54, 1.807) is 0 Å². The average molecular weight is 247 g/mol. The number of hydrogen-bond donors (Lipinski definition) is 1. The van der Waals surface area contributed by atoms with E-state index >= 15 is 0 Å². The highest BCUT2D eigenvalue weighted by Crippen LogP contribution is 2.43. The van der Waals surface area contributed by atoms with Gasteiger partial charge in [0.1, 0.15) is 0 Å². The van der Waals surface area contributed by atoms with Gasteiger partial charge in [-0.15, -0.1) is 0 Å². The quantitative estimate of drug-likeness (QED) is 0.777. The summed E-state index contributed by atoms with van der Waals surface area (Å²) in [7, 11) is -1.48. The summed E-state index contributed by atoms with van der Waals surface area (Å²) in [6.45, 7) is 3.76. The molecule has 1 aliphatic heterocycles. The van der Waals surface area contributed by atoms with E-state index in [9.17, 15) is 9.42 Å². The first kappa shape index (κ1) is 10.9. The van der Waals surface area contributed by atoms with Gasteiger partial charge in [-0.3, -0.25) is 0 Å². The Bertz CT molecular complexity index is 636. The number of hydrogen-bond acceptors (Lipinski definition) is 2. The highest BCUT2D eigenvalue weighted by Gasteiger charge is 2.43. The first-order valence-corrected chi connectivity index (χ1v) is 6.57. The van der Waals surface area contributed by atoms with E-state index in [2.05, 4.69) is 0 Å². The maximum Gasteiger partial charge on any atom is 0.152 e. The topological polar surface area (TPSA) is 40.5 Å². The maximum absolute atomic E-state index is 12.0. The SMILES string of the molecule is CC1(C)c2c(ccc3ccccc23)S(=O)N1O. The van der Waals surface area contributed by atoms with E-state index in [0.717, 1.165) is 20.8 Å². The minimum absolute atomic E-state index is 0.624. The molecule has 4 heteroatoms. The highest BCUT2D eigenvalue weighted by molar-refractivity contribution is 7.82. The van der Waals surface area contributed by atoms with Crippen LogP contribution in [0.4, 0.5) is 0 Å². The van der Waals surface area contributed by atoms with Crippen molar-refractivity contribution in [3.8, 4) is 0 Å². The number of hydroxylamine groups is 1. The second kappa shape index (κ2) is 3.38. The van der Waals surface area contributed by atoms with Crippen LogP contribution in [0.15, 0.2) is 41.3 Å². The fourth-order valence-corrected chi connectivity index (χ4v) is 3.84. The van der Waals surface area contributed by atoms with Crippen LogP contribution < -0.4 is 0 Å². The molecular formula is C13H13NO2S. The smallest absolute Gasteiger partial charge is 0.152 e. The van der Waals surface area contributed by atoms with E-state index in [1.165, 1.54) is 0 Å². The molecular weight excluding hydrogens is 234 g/mol. The third-order valence-electron chi connectivity index (χ3n) is 3.33. The lowest BCUT2D eigenvalue weighted by atomic mass is 9.90. The molecule has 2 aromatic carbocycles. The second-order valence-electron chi connectivity index (χ2n) is 4.74. The molecule has 0 aliphatic carbocycles. The van der Waals surface area contributed by atoms with Crippen molar-refractivity contribution in [3.63, 3.8) is 0 Å². The molecule has 0 fully saturated rings. The Balaban J connectivity index is 2.46. The molecule has 1 unspecified atom stereocenters. The van der Waals surface area contributed by atoms with Crippen molar-refractivity contribution in [2.75, 3.05) is 0 Å². The van der Waals surface area contributed by atoms with Gasteiger partial charge < -0.3 is 5.21 Å². The fraction of sp³-hybridized carbons (Fsp3) is 0.231. The average Bonchev–Trinajstić information content (AvgIpc) is 2.51. The molecule has 88 valence electrons. The van der Waals surface area contributed by atoms with E-state index in [1.807, 2.05) is 50.2 Å². The zero-order valence-corrected chi connectivity index (χ0v) is 10.5. The normalized spacial score (nSPS) is 22.9. The van der Waals surface area contributed by atoms with Gasteiger partial charge in [0.25, 0.3) is 0 Å². The molecule has 0 bridgehead atoms. The van der Waals surface area contributed by atoms with E-state index < -0.39 is 16.5 Å². The van der Waals surface area contributed by atoms with Crippen LogP contribution in [0.5, 0.6) is 0 Å². The molecule has 3 rings (SSSR count). The Morgan fingerprint density at radius 3 is 2.65 bits per heavy atom. The summed E-state index contributed by atoms with van der Waals surface area (Å²) in [4.78, 5) is 0.705. The molecule has 3 nitrogen and oxygen atoms in total. The summed E-state index contributed by atoms with van der Waals surface area (Å²) in [6.07, 6.45) is 0. The van der Waals surface area contributed by atoms with Crippen molar-refractivity contribution in [2.24, 2.45) is 0 Å². The molecule has 0 radical (unpaired) electrons. The van der Waals surface area contributed by atoms with Crippen molar-refractivity contribution < 1.29 is 9.42 Å². The molecule has 1 aliphatic rings. The predicted octanol–water partition coefficient (Wildman–Crippen LogP) is 2.80. The molecule has 0 amide bonds. The van der Waals surface area contributed by atoms with Crippen LogP contribution in [-0.4, -0.2) is 13.9 Å². The van der Waals surface area contributed by atoms with Crippen LogP contribution in [-0.2, 0) is 16.5 Å². The standard InChI is InChI=1S/C13H13NO2S/c1-13(2)12-10-6-4-3-5-9(10)7-8-11(12)17(16)14(13)15/h3-8,15H,1-2H3. The lowest BCUT2D eigenvalue weighted by Crippen LogP contribution is -2.33. The third kappa shape index (κ3) is 1.32. The van der Waals surface area contributed by atoms with Crippen molar-refractivity contribution in [3.05, 3.63) is 42.0 Å². The Morgan fingerprint density at radius 1 is 1.18 bits per heavy atom. The Kier molecular flexibility index (Phi) is 2.17. The van der Waals surface area contributed by atoms with Gasteiger partial charge in [-0.05, 0) is 30.7 Å². The van der Waals surface area contributed by atoms with Crippen LogP contribution in [0.25, 0.3) is 10.8 Å². The largest absolute Gasteiger partial charge is 0.300 e.